The molecule has 0 atom stereocenters. The SMILES string of the molecule is CC#CCn1c(N2CCNCC2)nc2ccn(CCOc3ccccc3)c(=O)c21. The second-order valence-corrected chi connectivity index (χ2v) is 6.87. The number of hydrogen-bond donors (Lipinski definition) is 1. The predicted molar refractivity (Wildman–Crippen MR) is 114 cm³/mol. The molecule has 29 heavy (non-hydrogen) atoms. The van der Waals surface area contributed by atoms with Crippen molar-refractivity contribution >= 4 is 17.0 Å². The molecule has 2 aromatic heterocycles. The molecule has 1 aliphatic rings. The highest BCUT2D eigenvalue weighted by Gasteiger charge is 2.21. The Bertz CT molecular complexity index is 1090. The van der Waals surface area contributed by atoms with E-state index in [1.165, 1.54) is 0 Å². The molecular weight excluding hydrogens is 366 g/mol. The molecule has 4 rings (SSSR count). The molecule has 3 aromatic rings. The lowest BCUT2D eigenvalue weighted by molar-refractivity contribution is 0.296. The van der Waals surface area contributed by atoms with Crippen molar-refractivity contribution in [3.05, 3.63) is 52.9 Å². The first kappa shape index (κ1) is 19.1. The van der Waals surface area contributed by atoms with E-state index in [1.807, 2.05) is 47.9 Å². The summed E-state index contributed by atoms with van der Waals surface area (Å²) < 4.78 is 9.39. The van der Waals surface area contributed by atoms with Crippen LogP contribution < -0.4 is 20.5 Å². The molecule has 0 amide bonds. The molecule has 0 aliphatic carbocycles. The van der Waals surface area contributed by atoms with E-state index in [-0.39, 0.29) is 5.56 Å². The van der Waals surface area contributed by atoms with Crippen molar-refractivity contribution in [1.82, 2.24) is 19.4 Å². The van der Waals surface area contributed by atoms with Gasteiger partial charge in [-0.05, 0) is 25.1 Å². The highest BCUT2D eigenvalue weighted by molar-refractivity contribution is 5.78. The average molecular weight is 391 g/mol. The van der Waals surface area contributed by atoms with Gasteiger partial charge in [0.1, 0.15) is 17.9 Å². The summed E-state index contributed by atoms with van der Waals surface area (Å²) in [5, 5.41) is 3.35. The minimum Gasteiger partial charge on any atom is -0.492 e. The zero-order chi connectivity index (χ0) is 20.1. The van der Waals surface area contributed by atoms with E-state index in [4.69, 9.17) is 9.72 Å². The van der Waals surface area contributed by atoms with Gasteiger partial charge in [-0.25, -0.2) is 4.98 Å². The fraction of sp³-hybridized carbons (Fsp3) is 0.364. The molecule has 1 fully saturated rings. The number of ether oxygens (including phenoxy) is 1. The third-order valence-electron chi connectivity index (χ3n) is 5.01. The monoisotopic (exact) mass is 391 g/mol. The molecular formula is C22H25N5O2. The van der Waals surface area contributed by atoms with Gasteiger partial charge in [0.05, 0.1) is 18.6 Å². The number of pyridine rings is 1. The number of fused-ring (bicyclic) bond motifs is 1. The number of imidazole rings is 1. The molecule has 1 aromatic carbocycles. The molecule has 7 nitrogen and oxygen atoms in total. The van der Waals surface area contributed by atoms with Gasteiger partial charge in [0, 0.05) is 32.4 Å². The maximum absolute atomic E-state index is 13.2. The number of piperazine rings is 1. The third-order valence-corrected chi connectivity index (χ3v) is 5.01. The molecule has 0 bridgehead atoms. The molecule has 1 N–H and O–H groups in total. The minimum atomic E-state index is -0.0639. The summed E-state index contributed by atoms with van der Waals surface area (Å²) in [6.45, 7) is 6.69. The van der Waals surface area contributed by atoms with E-state index in [9.17, 15) is 4.79 Å². The largest absolute Gasteiger partial charge is 0.492 e. The van der Waals surface area contributed by atoms with Gasteiger partial charge in [-0.15, -0.1) is 5.92 Å². The molecule has 0 spiro atoms. The highest BCUT2D eigenvalue weighted by Crippen LogP contribution is 2.20. The molecule has 150 valence electrons. The molecule has 0 saturated carbocycles. The Morgan fingerprint density at radius 2 is 1.97 bits per heavy atom. The first-order chi connectivity index (χ1) is 14.3. The fourth-order valence-electron chi connectivity index (χ4n) is 3.53. The lowest BCUT2D eigenvalue weighted by Crippen LogP contribution is -2.44. The Morgan fingerprint density at radius 1 is 1.17 bits per heavy atom. The van der Waals surface area contributed by atoms with E-state index in [2.05, 4.69) is 22.1 Å². The van der Waals surface area contributed by atoms with Crippen LogP contribution in [0.5, 0.6) is 5.75 Å². The maximum Gasteiger partial charge on any atom is 0.276 e. The lowest BCUT2D eigenvalue weighted by atomic mass is 10.3. The number of nitrogens with one attached hydrogen (secondary N) is 1. The van der Waals surface area contributed by atoms with Crippen LogP contribution in [0.2, 0.25) is 0 Å². The van der Waals surface area contributed by atoms with Crippen molar-refractivity contribution in [3.63, 3.8) is 0 Å². The predicted octanol–water partition coefficient (Wildman–Crippen LogP) is 1.71. The van der Waals surface area contributed by atoms with Gasteiger partial charge in [-0.3, -0.25) is 9.36 Å². The average Bonchev–Trinajstić information content (AvgIpc) is 3.14. The Hall–Kier alpha value is -3.24. The Kier molecular flexibility index (Phi) is 5.82. The van der Waals surface area contributed by atoms with E-state index in [0.29, 0.717) is 30.7 Å². The van der Waals surface area contributed by atoms with Crippen LogP contribution in [0, 0.1) is 11.8 Å². The molecule has 0 radical (unpaired) electrons. The zero-order valence-corrected chi connectivity index (χ0v) is 16.6. The summed E-state index contributed by atoms with van der Waals surface area (Å²) in [5.41, 5.74) is 1.25. The van der Waals surface area contributed by atoms with Gasteiger partial charge in [-0.2, -0.15) is 0 Å². The standard InChI is InChI=1S/C22H25N5O2/c1-2-3-12-27-20-19(24-22(27)26-14-10-23-11-15-26)9-13-25(21(20)28)16-17-29-18-7-5-4-6-8-18/h4-9,13,23H,10-12,14-17H2,1H3. The molecule has 1 aliphatic heterocycles. The summed E-state index contributed by atoms with van der Waals surface area (Å²) >= 11 is 0. The second-order valence-electron chi connectivity index (χ2n) is 6.87. The molecule has 3 heterocycles. The smallest absolute Gasteiger partial charge is 0.276 e. The summed E-state index contributed by atoms with van der Waals surface area (Å²) in [5.74, 6) is 7.64. The summed E-state index contributed by atoms with van der Waals surface area (Å²) in [6.07, 6.45) is 1.80. The van der Waals surface area contributed by atoms with Crippen molar-refractivity contribution in [2.45, 2.75) is 20.0 Å². The summed E-state index contributed by atoms with van der Waals surface area (Å²) in [6, 6.07) is 11.5. The van der Waals surface area contributed by atoms with Crippen molar-refractivity contribution in [2.24, 2.45) is 0 Å². The van der Waals surface area contributed by atoms with Crippen LogP contribution in [0.4, 0.5) is 5.95 Å². The summed E-state index contributed by atoms with van der Waals surface area (Å²) in [7, 11) is 0. The van der Waals surface area contributed by atoms with Crippen LogP contribution in [0.25, 0.3) is 11.0 Å². The second kappa shape index (κ2) is 8.84. The van der Waals surface area contributed by atoms with Crippen LogP contribution in [-0.4, -0.2) is 46.9 Å². The number of hydrogen-bond acceptors (Lipinski definition) is 5. The molecule has 7 heteroatoms. The number of anilines is 1. The van der Waals surface area contributed by atoms with Crippen molar-refractivity contribution < 1.29 is 4.74 Å². The van der Waals surface area contributed by atoms with Crippen LogP contribution in [0.1, 0.15) is 6.92 Å². The van der Waals surface area contributed by atoms with E-state index < -0.39 is 0 Å². The van der Waals surface area contributed by atoms with Crippen molar-refractivity contribution in [3.8, 4) is 17.6 Å². The first-order valence-corrected chi connectivity index (χ1v) is 9.91. The Labute approximate surface area is 169 Å². The van der Waals surface area contributed by atoms with Gasteiger partial charge < -0.3 is 19.5 Å². The maximum atomic E-state index is 13.2. The van der Waals surface area contributed by atoms with Gasteiger partial charge >= 0.3 is 0 Å². The van der Waals surface area contributed by atoms with Crippen molar-refractivity contribution in [1.29, 1.82) is 0 Å². The van der Waals surface area contributed by atoms with Crippen LogP contribution in [-0.2, 0) is 13.1 Å². The topological polar surface area (TPSA) is 64.3 Å². The van der Waals surface area contributed by atoms with E-state index >= 15 is 0 Å². The van der Waals surface area contributed by atoms with Gasteiger partial charge in [-0.1, -0.05) is 24.1 Å². The fourth-order valence-corrected chi connectivity index (χ4v) is 3.53. The third kappa shape index (κ3) is 4.13. The number of para-hydroxylation sites is 1. The quantitative estimate of drug-likeness (QED) is 0.648. The first-order valence-electron chi connectivity index (χ1n) is 9.91. The van der Waals surface area contributed by atoms with Crippen LogP contribution >= 0.6 is 0 Å². The Balaban J connectivity index is 1.64. The molecule has 0 unspecified atom stereocenters. The number of nitrogens with zero attached hydrogens (tertiary/aromatic N) is 4. The lowest BCUT2D eigenvalue weighted by Gasteiger charge is -2.28. The number of rotatable bonds is 6. The van der Waals surface area contributed by atoms with Crippen molar-refractivity contribution in [2.75, 3.05) is 37.7 Å². The zero-order valence-electron chi connectivity index (χ0n) is 16.6. The van der Waals surface area contributed by atoms with Gasteiger partial charge in [0.25, 0.3) is 5.56 Å². The van der Waals surface area contributed by atoms with Gasteiger partial charge in [0.2, 0.25) is 5.95 Å². The highest BCUT2D eigenvalue weighted by atomic mass is 16.5. The van der Waals surface area contributed by atoms with E-state index in [0.717, 1.165) is 37.9 Å². The normalized spacial score (nSPS) is 13.9. The Morgan fingerprint density at radius 3 is 2.72 bits per heavy atom. The van der Waals surface area contributed by atoms with E-state index in [1.54, 1.807) is 10.8 Å². The van der Waals surface area contributed by atoms with Crippen LogP contribution in [0.3, 0.4) is 0 Å². The summed E-state index contributed by atoms with van der Waals surface area (Å²) in [4.78, 5) is 20.2. The number of benzene rings is 1. The minimum absolute atomic E-state index is 0.0639. The number of aromatic nitrogens is 3. The molecule has 1 saturated heterocycles. The van der Waals surface area contributed by atoms with Gasteiger partial charge in [0.15, 0.2) is 0 Å². The van der Waals surface area contributed by atoms with Crippen LogP contribution in [0.15, 0.2) is 47.4 Å².